The molecule has 152 valence electrons. The third kappa shape index (κ3) is 4.46. The smallest absolute Gasteiger partial charge is 0.229 e. The molecule has 3 aromatic rings. The molecule has 1 fully saturated rings. The fourth-order valence-corrected chi connectivity index (χ4v) is 3.86. The second-order valence-corrected chi connectivity index (χ2v) is 7.92. The summed E-state index contributed by atoms with van der Waals surface area (Å²) in [5, 5.41) is 12.9. The van der Waals surface area contributed by atoms with Crippen molar-refractivity contribution in [2.24, 2.45) is 0 Å². The quantitative estimate of drug-likeness (QED) is 0.690. The van der Waals surface area contributed by atoms with Crippen LogP contribution in [0.15, 0.2) is 36.8 Å². The summed E-state index contributed by atoms with van der Waals surface area (Å²) in [6.07, 6.45) is 5.53. The lowest BCUT2D eigenvalue weighted by Gasteiger charge is -2.14. The average Bonchev–Trinajstić information content (AvgIpc) is 3.22. The first kappa shape index (κ1) is 19.5. The molecular weight excluding hydrogens is 369 g/mol. The van der Waals surface area contributed by atoms with E-state index in [-0.39, 0.29) is 11.9 Å². The Kier molecular flexibility index (Phi) is 5.34. The van der Waals surface area contributed by atoms with Crippen molar-refractivity contribution in [2.75, 3.05) is 18.4 Å². The van der Waals surface area contributed by atoms with Crippen molar-refractivity contribution in [2.45, 2.75) is 39.8 Å². The van der Waals surface area contributed by atoms with Crippen LogP contribution in [0.2, 0.25) is 0 Å². The predicted octanol–water partition coefficient (Wildman–Crippen LogP) is 3.64. The van der Waals surface area contributed by atoms with E-state index in [9.17, 15) is 9.50 Å². The molecule has 3 heterocycles. The number of aliphatic hydroxyl groups is 1. The van der Waals surface area contributed by atoms with Gasteiger partial charge in [0.05, 0.1) is 12.3 Å². The second kappa shape index (κ2) is 7.93. The second-order valence-electron chi connectivity index (χ2n) is 7.92. The van der Waals surface area contributed by atoms with Gasteiger partial charge in [0.25, 0.3) is 0 Å². The number of likely N-dealkylation sites (tertiary alicyclic amines) is 1. The number of nitrogens with one attached hydrogen (secondary N) is 1. The van der Waals surface area contributed by atoms with E-state index in [0.717, 1.165) is 47.5 Å². The molecule has 1 aromatic carbocycles. The standard InChI is InChI=1S/C22H26FN5O/c1-14-6-15(2)8-18(7-14)25-22-24-9-20(23)21(26-22)28-10-16(3)17(12-28)11-27-5-4-19(29)13-27/h6-10,12,19,29H,4-5,11,13H2,1-3H3,(H,24,25,26)/t19-/m1/s1. The van der Waals surface area contributed by atoms with Gasteiger partial charge in [0.2, 0.25) is 5.95 Å². The van der Waals surface area contributed by atoms with Crippen molar-refractivity contribution in [3.8, 4) is 5.82 Å². The molecule has 7 heteroatoms. The van der Waals surface area contributed by atoms with Gasteiger partial charge < -0.3 is 15.0 Å². The predicted molar refractivity (Wildman–Crippen MR) is 111 cm³/mol. The van der Waals surface area contributed by atoms with Gasteiger partial charge in [-0.15, -0.1) is 0 Å². The van der Waals surface area contributed by atoms with Crippen molar-refractivity contribution in [3.63, 3.8) is 0 Å². The van der Waals surface area contributed by atoms with Crippen LogP contribution in [0.25, 0.3) is 5.82 Å². The molecule has 1 atom stereocenters. The number of aromatic nitrogens is 3. The van der Waals surface area contributed by atoms with Crippen LogP contribution < -0.4 is 5.32 Å². The van der Waals surface area contributed by atoms with Gasteiger partial charge in [0.1, 0.15) is 0 Å². The van der Waals surface area contributed by atoms with Gasteiger partial charge in [-0.05, 0) is 61.6 Å². The Morgan fingerprint density at radius 2 is 1.93 bits per heavy atom. The van der Waals surface area contributed by atoms with Crippen LogP contribution >= 0.6 is 0 Å². The molecule has 1 saturated heterocycles. The minimum absolute atomic E-state index is 0.211. The number of aliphatic hydroxyl groups excluding tert-OH is 1. The highest BCUT2D eigenvalue weighted by Gasteiger charge is 2.21. The molecule has 0 saturated carbocycles. The first-order valence-electron chi connectivity index (χ1n) is 9.83. The van der Waals surface area contributed by atoms with E-state index in [4.69, 9.17) is 0 Å². The Hall–Kier alpha value is -2.77. The number of benzene rings is 1. The third-order valence-corrected chi connectivity index (χ3v) is 5.22. The van der Waals surface area contributed by atoms with Crippen LogP contribution in [-0.2, 0) is 6.54 Å². The van der Waals surface area contributed by atoms with E-state index >= 15 is 0 Å². The zero-order chi connectivity index (χ0) is 20.5. The Morgan fingerprint density at radius 3 is 2.62 bits per heavy atom. The Labute approximate surface area is 170 Å². The van der Waals surface area contributed by atoms with Crippen molar-refractivity contribution in [1.29, 1.82) is 0 Å². The van der Waals surface area contributed by atoms with Crippen molar-refractivity contribution in [3.05, 3.63) is 64.9 Å². The average molecular weight is 395 g/mol. The number of anilines is 2. The summed E-state index contributed by atoms with van der Waals surface area (Å²) in [6.45, 7) is 8.34. The maximum absolute atomic E-state index is 14.5. The number of halogens is 1. The summed E-state index contributed by atoms with van der Waals surface area (Å²) in [7, 11) is 0. The maximum Gasteiger partial charge on any atom is 0.229 e. The fraction of sp³-hybridized carbons (Fsp3) is 0.364. The van der Waals surface area contributed by atoms with Gasteiger partial charge in [0, 0.05) is 37.7 Å². The molecule has 0 spiro atoms. The number of rotatable bonds is 5. The van der Waals surface area contributed by atoms with Crippen molar-refractivity contribution >= 4 is 11.6 Å². The minimum Gasteiger partial charge on any atom is -0.392 e. The van der Waals surface area contributed by atoms with E-state index in [1.807, 2.05) is 45.3 Å². The first-order chi connectivity index (χ1) is 13.9. The van der Waals surface area contributed by atoms with Crippen LogP contribution in [0.4, 0.5) is 16.0 Å². The minimum atomic E-state index is -0.478. The Balaban J connectivity index is 1.58. The van der Waals surface area contributed by atoms with E-state index in [1.165, 1.54) is 6.20 Å². The highest BCUT2D eigenvalue weighted by Crippen LogP contribution is 2.22. The van der Waals surface area contributed by atoms with E-state index in [1.54, 1.807) is 4.57 Å². The van der Waals surface area contributed by atoms with Crippen LogP contribution in [-0.4, -0.2) is 43.7 Å². The van der Waals surface area contributed by atoms with Gasteiger partial charge >= 0.3 is 0 Å². The molecule has 2 aromatic heterocycles. The summed E-state index contributed by atoms with van der Waals surface area (Å²) in [5.41, 5.74) is 5.30. The van der Waals surface area contributed by atoms with Gasteiger partial charge in [-0.1, -0.05) is 6.07 Å². The molecule has 0 aliphatic carbocycles. The maximum atomic E-state index is 14.5. The number of nitrogens with zero attached hydrogens (tertiary/aromatic N) is 4. The fourth-order valence-electron chi connectivity index (χ4n) is 3.86. The Bertz CT molecular complexity index is 1010. The highest BCUT2D eigenvalue weighted by atomic mass is 19.1. The zero-order valence-corrected chi connectivity index (χ0v) is 17.0. The zero-order valence-electron chi connectivity index (χ0n) is 17.0. The topological polar surface area (TPSA) is 66.2 Å². The molecular formula is C22H26FN5O. The van der Waals surface area contributed by atoms with Crippen LogP contribution in [0.3, 0.4) is 0 Å². The van der Waals surface area contributed by atoms with Crippen molar-refractivity contribution in [1.82, 2.24) is 19.4 Å². The molecule has 0 radical (unpaired) electrons. The van der Waals surface area contributed by atoms with E-state index in [2.05, 4.69) is 26.3 Å². The van der Waals surface area contributed by atoms with Gasteiger partial charge in [-0.3, -0.25) is 4.90 Å². The van der Waals surface area contributed by atoms with Crippen LogP contribution in [0.5, 0.6) is 0 Å². The SMILES string of the molecule is Cc1cc(C)cc(Nc2ncc(F)c(-n3cc(C)c(CN4CC[C@@H](O)C4)c3)n2)c1. The summed E-state index contributed by atoms with van der Waals surface area (Å²) in [4.78, 5) is 10.7. The largest absolute Gasteiger partial charge is 0.392 e. The summed E-state index contributed by atoms with van der Waals surface area (Å²) < 4.78 is 16.2. The lowest BCUT2D eigenvalue weighted by molar-refractivity contribution is 0.174. The monoisotopic (exact) mass is 395 g/mol. The molecule has 1 aliphatic rings. The molecule has 6 nitrogen and oxygen atoms in total. The normalized spacial score (nSPS) is 17.1. The van der Waals surface area contributed by atoms with Crippen molar-refractivity contribution < 1.29 is 9.50 Å². The lowest BCUT2D eigenvalue weighted by Crippen LogP contribution is -2.21. The van der Waals surface area contributed by atoms with E-state index < -0.39 is 5.82 Å². The summed E-state index contributed by atoms with van der Waals surface area (Å²) in [5.74, 6) is 0.0822. The molecule has 0 unspecified atom stereocenters. The Morgan fingerprint density at radius 1 is 1.17 bits per heavy atom. The number of β-amino-alcohol motifs (C(OH)–C–C–N with tert-alkyl or cyclic N) is 1. The van der Waals surface area contributed by atoms with E-state index in [0.29, 0.717) is 12.5 Å². The number of hydrogen-bond donors (Lipinski definition) is 2. The number of hydrogen-bond acceptors (Lipinski definition) is 5. The molecule has 1 aliphatic heterocycles. The van der Waals surface area contributed by atoms with Crippen LogP contribution in [0.1, 0.15) is 28.7 Å². The molecule has 0 amide bonds. The lowest BCUT2D eigenvalue weighted by atomic mass is 10.1. The molecule has 2 N–H and O–H groups in total. The van der Waals surface area contributed by atoms with Gasteiger partial charge in [0.15, 0.2) is 11.6 Å². The summed E-state index contributed by atoms with van der Waals surface area (Å²) >= 11 is 0. The summed E-state index contributed by atoms with van der Waals surface area (Å²) in [6, 6.07) is 6.09. The molecule has 4 rings (SSSR count). The van der Waals surface area contributed by atoms with Crippen LogP contribution in [0, 0.1) is 26.6 Å². The number of aryl methyl sites for hydroxylation is 3. The third-order valence-electron chi connectivity index (χ3n) is 5.22. The molecule has 0 bridgehead atoms. The molecule has 29 heavy (non-hydrogen) atoms. The highest BCUT2D eigenvalue weighted by molar-refractivity contribution is 5.56. The van der Waals surface area contributed by atoms with Gasteiger partial charge in [-0.2, -0.15) is 4.98 Å². The van der Waals surface area contributed by atoms with Gasteiger partial charge in [-0.25, -0.2) is 9.37 Å². The first-order valence-corrected chi connectivity index (χ1v) is 9.83.